The molecular formula is C21H23N3O7S2. The first kappa shape index (κ1) is 24.4. The Hall–Kier alpha value is -3.25. The Morgan fingerprint density at radius 2 is 1.88 bits per heavy atom. The highest BCUT2D eigenvalue weighted by molar-refractivity contribution is 7.90. The van der Waals surface area contributed by atoms with Crippen molar-refractivity contribution >= 4 is 50.0 Å². The van der Waals surface area contributed by atoms with Gasteiger partial charge in [-0.25, -0.2) is 13.2 Å². The largest absolute Gasteiger partial charge is 0.462 e. The number of carbonyl (C=O) groups excluding carboxylic acids is 3. The summed E-state index contributed by atoms with van der Waals surface area (Å²) < 4.78 is 36.4. The molecule has 176 valence electrons. The van der Waals surface area contributed by atoms with E-state index >= 15 is 0 Å². The lowest BCUT2D eigenvalue weighted by molar-refractivity contribution is -0.145. The van der Waals surface area contributed by atoms with E-state index in [1.165, 1.54) is 17.4 Å². The molecule has 0 saturated heterocycles. The first-order valence-electron chi connectivity index (χ1n) is 10.1. The Morgan fingerprint density at radius 3 is 2.58 bits per heavy atom. The Bertz CT molecular complexity index is 1230. The van der Waals surface area contributed by atoms with E-state index in [-0.39, 0.29) is 17.3 Å². The van der Waals surface area contributed by atoms with Crippen molar-refractivity contribution in [2.24, 2.45) is 4.99 Å². The van der Waals surface area contributed by atoms with Crippen molar-refractivity contribution < 1.29 is 32.3 Å². The zero-order chi connectivity index (χ0) is 24.2. The van der Waals surface area contributed by atoms with Crippen LogP contribution in [-0.2, 0) is 35.5 Å². The summed E-state index contributed by atoms with van der Waals surface area (Å²) in [6, 6.07) is 6.24. The number of rotatable bonds is 8. The zero-order valence-electron chi connectivity index (χ0n) is 18.3. The molecule has 1 aliphatic heterocycles. The van der Waals surface area contributed by atoms with Crippen LogP contribution in [0.4, 0.5) is 5.00 Å². The minimum absolute atomic E-state index is 0.0345. The maximum Gasteiger partial charge on any atom is 0.341 e. The first-order valence-corrected chi connectivity index (χ1v) is 12.4. The molecule has 0 unspecified atom stereocenters. The molecule has 2 heterocycles. The van der Waals surface area contributed by atoms with Crippen LogP contribution in [0.25, 0.3) is 0 Å². The molecule has 0 aliphatic carbocycles. The van der Waals surface area contributed by atoms with Gasteiger partial charge in [-0.05, 0) is 38.0 Å². The number of ether oxygens (including phenoxy) is 2. The monoisotopic (exact) mass is 493 g/mol. The number of esters is 2. The van der Waals surface area contributed by atoms with Crippen LogP contribution in [0.2, 0.25) is 0 Å². The van der Waals surface area contributed by atoms with Crippen molar-refractivity contribution in [3.63, 3.8) is 0 Å². The fourth-order valence-electron chi connectivity index (χ4n) is 3.26. The molecule has 0 fully saturated rings. The maximum atomic E-state index is 12.3. The van der Waals surface area contributed by atoms with Gasteiger partial charge in [0.1, 0.15) is 17.4 Å². The topological polar surface area (TPSA) is 140 Å². The lowest BCUT2D eigenvalue weighted by atomic mass is 10.1. The van der Waals surface area contributed by atoms with Crippen molar-refractivity contribution in [3.05, 3.63) is 45.8 Å². The van der Waals surface area contributed by atoms with Crippen molar-refractivity contribution in [1.29, 1.82) is 0 Å². The molecule has 2 aromatic rings. The molecule has 3 rings (SSSR count). The number of aliphatic imine (C=N–C) groups is 1. The van der Waals surface area contributed by atoms with Gasteiger partial charge in [0.05, 0.1) is 17.1 Å². The molecule has 0 spiro atoms. The summed E-state index contributed by atoms with van der Waals surface area (Å²) in [5.41, 5.74) is 1.45. The molecule has 2 N–H and O–H groups in total. The highest BCUT2D eigenvalue weighted by atomic mass is 32.2. The fraction of sp³-hybridized carbons (Fsp3) is 0.333. The van der Waals surface area contributed by atoms with Crippen molar-refractivity contribution in [2.45, 2.75) is 32.1 Å². The SMILES string of the molecule is CCOC(=O)c1c(NC(=O)COC(=O)CN=C2NS(=O)(=O)c3ccccc32)sc(C)c1CC. The van der Waals surface area contributed by atoms with Crippen LogP contribution < -0.4 is 10.0 Å². The van der Waals surface area contributed by atoms with Gasteiger partial charge >= 0.3 is 11.9 Å². The third-order valence-corrected chi connectivity index (χ3v) is 7.15. The second kappa shape index (κ2) is 10.1. The summed E-state index contributed by atoms with van der Waals surface area (Å²) in [6.45, 7) is 4.56. The van der Waals surface area contributed by atoms with Crippen LogP contribution in [0, 0.1) is 6.92 Å². The molecule has 1 aromatic heterocycles. The predicted octanol–water partition coefficient (Wildman–Crippen LogP) is 2.02. The molecule has 33 heavy (non-hydrogen) atoms. The van der Waals surface area contributed by atoms with Crippen molar-refractivity contribution in [2.75, 3.05) is 25.1 Å². The smallest absolute Gasteiger partial charge is 0.341 e. The summed E-state index contributed by atoms with van der Waals surface area (Å²) in [5, 5.41) is 2.93. The first-order chi connectivity index (χ1) is 15.7. The standard InChI is InChI=1S/C21H23N3O7S2/c1-4-13-12(3)32-20(18(13)21(27)30-5-2)23-16(25)11-31-17(26)10-22-19-14-8-6-7-9-15(14)33(28,29)24-19/h6-9H,4-5,10-11H2,1-3H3,(H,22,24)(H,23,25). The summed E-state index contributed by atoms with van der Waals surface area (Å²) >= 11 is 1.24. The van der Waals surface area contributed by atoms with Crippen molar-refractivity contribution in [1.82, 2.24) is 4.72 Å². The second-order valence-electron chi connectivity index (χ2n) is 6.89. The Balaban J connectivity index is 1.61. The van der Waals surface area contributed by atoms with Gasteiger partial charge in [-0.1, -0.05) is 19.1 Å². The number of benzene rings is 1. The fourth-order valence-corrected chi connectivity index (χ4v) is 5.66. The van der Waals surface area contributed by atoms with Gasteiger partial charge in [0.2, 0.25) is 0 Å². The molecule has 1 aliphatic rings. The Labute approximate surface area is 195 Å². The lowest BCUT2D eigenvalue weighted by Gasteiger charge is -2.08. The summed E-state index contributed by atoms with van der Waals surface area (Å²) in [7, 11) is -3.72. The summed E-state index contributed by atoms with van der Waals surface area (Å²) in [6.07, 6.45) is 0.592. The Kier molecular flexibility index (Phi) is 7.49. The van der Waals surface area contributed by atoms with Crippen LogP contribution in [0.3, 0.4) is 0 Å². The number of nitrogens with zero attached hydrogens (tertiary/aromatic N) is 1. The van der Waals surface area contributed by atoms with Gasteiger partial charge in [0.15, 0.2) is 6.61 Å². The summed E-state index contributed by atoms with van der Waals surface area (Å²) in [4.78, 5) is 41.6. The van der Waals surface area contributed by atoms with Crippen LogP contribution >= 0.6 is 11.3 Å². The van der Waals surface area contributed by atoms with E-state index in [9.17, 15) is 22.8 Å². The molecule has 0 radical (unpaired) electrons. The van der Waals surface area contributed by atoms with Gasteiger partial charge in [-0.15, -0.1) is 11.3 Å². The van der Waals surface area contributed by atoms with Gasteiger partial charge in [0.25, 0.3) is 15.9 Å². The number of thiophene rings is 1. The predicted molar refractivity (Wildman–Crippen MR) is 122 cm³/mol. The average molecular weight is 494 g/mol. The molecular weight excluding hydrogens is 470 g/mol. The van der Waals surface area contributed by atoms with E-state index in [0.717, 1.165) is 10.4 Å². The van der Waals surface area contributed by atoms with E-state index in [1.54, 1.807) is 25.1 Å². The number of amidine groups is 1. The normalized spacial score (nSPS) is 14.9. The summed E-state index contributed by atoms with van der Waals surface area (Å²) in [5.74, 6) is -1.94. The van der Waals surface area contributed by atoms with E-state index in [2.05, 4.69) is 15.0 Å². The van der Waals surface area contributed by atoms with Gasteiger partial charge in [-0.3, -0.25) is 19.3 Å². The van der Waals surface area contributed by atoms with E-state index in [1.807, 2.05) is 13.8 Å². The molecule has 12 heteroatoms. The number of sulfonamides is 1. The number of carbonyl (C=O) groups is 3. The van der Waals surface area contributed by atoms with Crippen molar-refractivity contribution in [3.8, 4) is 0 Å². The third kappa shape index (κ3) is 5.40. The molecule has 1 amide bonds. The van der Waals surface area contributed by atoms with Gasteiger partial charge in [0, 0.05) is 10.4 Å². The highest BCUT2D eigenvalue weighted by Crippen LogP contribution is 2.34. The second-order valence-corrected chi connectivity index (χ2v) is 9.77. The molecule has 1 aromatic carbocycles. The van der Waals surface area contributed by atoms with E-state index in [0.29, 0.717) is 22.5 Å². The third-order valence-electron chi connectivity index (χ3n) is 4.69. The average Bonchev–Trinajstić information content (AvgIpc) is 3.23. The van der Waals surface area contributed by atoms with Gasteiger partial charge in [-0.2, -0.15) is 0 Å². The minimum Gasteiger partial charge on any atom is -0.462 e. The lowest BCUT2D eigenvalue weighted by Crippen LogP contribution is -2.25. The van der Waals surface area contributed by atoms with Crippen LogP contribution in [0.5, 0.6) is 0 Å². The molecule has 0 bridgehead atoms. The molecule has 0 atom stereocenters. The molecule has 10 nitrogen and oxygen atoms in total. The number of hydrogen-bond acceptors (Lipinski definition) is 9. The zero-order valence-corrected chi connectivity index (χ0v) is 19.9. The van der Waals surface area contributed by atoms with Crippen LogP contribution in [-0.4, -0.2) is 51.9 Å². The highest BCUT2D eigenvalue weighted by Gasteiger charge is 2.30. The van der Waals surface area contributed by atoms with E-state index in [4.69, 9.17) is 9.47 Å². The van der Waals surface area contributed by atoms with Gasteiger partial charge < -0.3 is 14.8 Å². The number of aryl methyl sites for hydroxylation is 1. The number of amides is 1. The number of fused-ring (bicyclic) bond motifs is 1. The molecule has 0 saturated carbocycles. The number of anilines is 1. The quantitative estimate of drug-likeness (QED) is 0.536. The minimum atomic E-state index is -3.72. The van der Waals surface area contributed by atoms with E-state index < -0.39 is 41.0 Å². The Morgan fingerprint density at radius 1 is 1.15 bits per heavy atom. The number of hydrogen-bond donors (Lipinski definition) is 2. The number of nitrogens with one attached hydrogen (secondary N) is 2. The maximum absolute atomic E-state index is 12.3. The van der Waals surface area contributed by atoms with Crippen LogP contribution in [0.15, 0.2) is 34.2 Å². The van der Waals surface area contributed by atoms with Crippen LogP contribution in [0.1, 0.15) is 40.2 Å².